The molecule has 0 unspecified atom stereocenters. The Hall–Kier alpha value is -6.56. The zero-order valence-electron chi connectivity index (χ0n) is 29.6. The highest BCUT2D eigenvalue weighted by Crippen LogP contribution is 2.58. The largest absolute Gasteiger partial charge is 0.449 e. The van der Waals surface area contributed by atoms with E-state index in [-0.39, 0.29) is 5.41 Å². The topological polar surface area (TPSA) is 44.2 Å². The van der Waals surface area contributed by atoms with E-state index in [0.29, 0.717) is 17.3 Å². The van der Waals surface area contributed by atoms with Crippen LogP contribution >= 0.6 is 11.3 Å². The first-order valence-electron chi connectivity index (χ1n) is 18.2. The molecular formula is C49H32N2O2S. The highest BCUT2D eigenvalue weighted by atomic mass is 32.1. The first-order valence-corrected chi connectivity index (χ1v) is 19.0. The lowest BCUT2D eigenvalue weighted by atomic mass is 9.82. The predicted molar refractivity (Wildman–Crippen MR) is 221 cm³/mol. The van der Waals surface area contributed by atoms with Crippen molar-refractivity contribution >= 4 is 31.5 Å². The summed E-state index contributed by atoms with van der Waals surface area (Å²) in [6, 6.07) is 55.1. The van der Waals surface area contributed by atoms with Crippen molar-refractivity contribution in [1.29, 1.82) is 0 Å². The Bertz CT molecular complexity index is 2980. The SMILES string of the molecule is CC1(C)c2ccccc2-c2c1ccc1c2Oc2ccc(-c3ccccc3-c3nc(-c4ccccc4)cc(-c4ccc5c(c4)sc4ccccc45)n3)cc2O1. The molecule has 1 aliphatic heterocycles. The van der Waals surface area contributed by atoms with Crippen LogP contribution in [-0.2, 0) is 5.41 Å². The minimum absolute atomic E-state index is 0.122. The average Bonchev–Trinajstić information content (AvgIpc) is 3.71. The number of hydrogen-bond donors (Lipinski definition) is 0. The quantitative estimate of drug-likeness (QED) is 0.182. The maximum absolute atomic E-state index is 6.71. The highest BCUT2D eigenvalue weighted by Gasteiger charge is 2.39. The molecule has 11 rings (SSSR count). The second-order valence-electron chi connectivity index (χ2n) is 14.5. The number of rotatable bonds is 4. The third kappa shape index (κ3) is 4.75. The molecule has 3 heterocycles. The summed E-state index contributed by atoms with van der Waals surface area (Å²) in [7, 11) is 0. The van der Waals surface area contributed by atoms with Crippen molar-refractivity contribution in [2.45, 2.75) is 19.3 Å². The van der Waals surface area contributed by atoms with Crippen molar-refractivity contribution in [3.63, 3.8) is 0 Å². The van der Waals surface area contributed by atoms with E-state index in [0.717, 1.165) is 56.3 Å². The Kier molecular flexibility index (Phi) is 6.73. The van der Waals surface area contributed by atoms with Gasteiger partial charge in [0.15, 0.2) is 28.8 Å². The molecule has 0 atom stereocenters. The van der Waals surface area contributed by atoms with E-state index >= 15 is 0 Å². The van der Waals surface area contributed by atoms with Crippen molar-refractivity contribution in [2.75, 3.05) is 0 Å². The maximum atomic E-state index is 6.71. The zero-order valence-corrected chi connectivity index (χ0v) is 30.4. The lowest BCUT2D eigenvalue weighted by Gasteiger charge is -2.25. The summed E-state index contributed by atoms with van der Waals surface area (Å²) in [6.07, 6.45) is 0. The number of hydrogen-bond acceptors (Lipinski definition) is 5. The number of benzene rings is 7. The van der Waals surface area contributed by atoms with Crippen LogP contribution in [0.2, 0.25) is 0 Å². The summed E-state index contributed by atoms with van der Waals surface area (Å²) in [6.45, 7) is 4.55. The van der Waals surface area contributed by atoms with E-state index in [1.165, 1.54) is 36.9 Å². The number of ether oxygens (including phenoxy) is 2. The van der Waals surface area contributed by atoms with E-state index in [1.54, 1.807) is 0 Å². The van der Waals surface area contributed by atoms with Gasteiger partial charge < -0.3 is 9.47 Å². The second-order valence-corrected chi connectivity index (χ2v) is 15.6. The normalized spacial score (nSPS) is 13.4. The number of fused-ring (bicyclic) bond motifs is 9. The molecule has 0 saturated carbocycles. The van der Waals surface area contributed by atoms with Gasteiger partial charge in [0.2, 0.25) is 0 Å². The van der Waals surface area contributed by atoms with Crippen molar-refractivity contribution < 1.29 is 9.47 Å². The molecule has 7 aromatic carbocycles. The minimum atomic E-state index is -0.122. The van der Waals surface area contributed by atoms with E-state index in [2.05, 4.69) is 153 Å². The summed E-state index contributed by atoms with van der Waals surface area (Å²) in [5.74, 6) is 3.53. The molecule has 54 heavy (non-hydrogen) atoms. The fraction of sp³-hybridized carbons (Fsp3) is 0.0612. The number of aromatic nitrogens is 2. The van der Waals surface area contributed by atoms with Gasteiger partial charge in [0, 0.05) is 47.8 Å². The molecule has 5 heteroatoms. The molecule has 0 radical (unpaired) electrons. The molecular weight excluding hydrogens is 681 g/mol. The van der Waals surface area contributed by atoms with Gasteiger partial charge in [-0.2, -0.15) is 0 Å². The van der Waals surface area contributed by atoms with E-state index < -0.39 is 0 Å². The smallest absolute Gasteiger partial charge is 0.178 e. The van der Waals surface area contributed by atoms with E-state index in [1.807, 2.05) is 29.5 Å². The van der Waals surface area contributed by atoms with Crippen LogP contribution in [0.3, 0.4) is 0 Å². The number of thiophene rings is 1. The summed E-state index contributed by atoms with van der Waals surface area (Å²) in [4.78, 5) is 10.5. The molecule has 0 spiro atoms. The molecule has 1 aliphatic carbocycles. The molecule has 2 aromatic heterocycles. The van der Waals surface area contributed by atoms with Gasteiger partial charge in [-0.15, -0.1) is 11.3 Å². The van der Waals surface area contributed by atoms with Crippen molar-refractivity contribution in [3.05, 3.63) is 169 Å². The standard InChI is InChI=1S/C49H32N2O2S/c1-49(2)37-18-10-8-17-36(37)46-38(49)23-25-42-47(46)53-41-24-21-30(26-43(41)52-42)32-14-6-7-16-35(32)48-50-39(29-12-4-3-5-13-29)28-40(51-48)31-20-22-34-33-15-9-11-19-44(33)54-45(34)27-31/h3-28H,1-2H3. The van der Waals surface area contributed by atoms with Crippen LogP contribution in [0.15, 0.2) is 158 Å². The molecule has 4 nitrogen and oxygen atoms in total. The molecule has 9 aromatic rings. The first-order chi connectivity index (χ1) is 26.5. The minimum Gasteiger partial charge on any atom is -0.449 e. The Labute approximate surface area is 317 Å². The molecule has 0 fully saturated rings. The van der Waals surface area contributed by atoms with Crippen LogP contribution in [0.4, 0.5) is 0 Å². The molecule has 0 amide bonds. The molecule has 0 saturated heterocycles. The van der Waals surface area contributed by atoms with Crippen molar-refractivity contribution in [2.24, 2.45) is 0 Å². The van der Waals surface area contributed by atoms with Gasteiger partial charge in [-0.25, -0.2) is 9.97 Å². The van der Waals surface area contributed by atoms with Crippen LogP contribution < -0.4 is 9.47 Å². The van der Waals surface area contributed by atoms with Crippen LogP contribution in [0.5, 0.6) is 23.0 Å². The zero-order chi connectivity index (χ0) is 36.0. The molecule has 256 valence electrons. The molecule has 0 bridgehead atoms. The third-order valence-corrected chi connectivity index (χ3v) is 12.1. The Balaban J connectivity index is 1.01. The predicted octanol–water partition coefficient (Wildman–Crippen LogP) is 13.7. The van der Waals surface area contributed by atoms with Crippen molar-refractivity contribution in [1.82, 2.24) is 9.97 Å². The molecule has 0 N–H and O–H groups in total. The summed E-state index contributed by atoms with van der Waals surface area (Å²) in [5.41, 5.74) is 11.5. The van der Waals surface area contributed by atoms with Gasteiger partial charge >= 0.3 is 0 Å². The van der Waals surface area contributed by atoms with Gasteiger partial charge in [0.05, 0.1) is 11.4 Å². The van der Waals surface area contributed by atoms with Gasteiger partial charge in [0.25, 0.3) is 0 Å². The van der Waals surface area contributed by atoms with Gasteiger partial charge in [-0.05, 0) is 64.2 Å². The van der Waals surface area contributed by atoms with Crippen LogP contribution in [0.25, 0.3) is 76.3 Å². The Morgan fingerprint density at radius 2 is 1.15 bits per heavy atom. The van der Waals surface area contributed by atoms with Crippen molar-refractivity contribution in [3.8, 4) is 79.2 Å². The fourth-order valence-electron chi connectivity index (χ4n) is 8.28. The first kappa shape index (κ1) is 31.0. The third-order valence-electron chi connectivity index (χ3n) is 11.0. The van der Waals surface area contributed by atoms with Gasteiger partial charge in [-0.1, -0.05) is 135 Å². The Morgan fingerprint density at radius 1 is 0.463 bits per heavy atom. The summed E-state index contributed by atoms with van der Waals surface area (Å²) >= 11 is 1.82. The lowest BCUT2D eigenvalue weighted by Crippen LogP contribution is -2.15. The van der Waals surface area contributed by atoms with Crippen LogP contribution in [-0.4, -0.2) is 9.97 Å². The average molecular weight is 713 g/mol. The Morgan fingerprint density at radius 3 is 2.02 bits per heavy atom. The lowest BCUT2D eigenvalue weighted by molar-refractivity contribution is 0.360. The maximum Gasteiger partial charge on any atom is 0.178 e. The van der Waals surface area contributed by atoms with E-state index in [9.17, 15) is 0 Å². The fourth-order valence-corrected chi connectivity index (χ4v) is 9.43. The second kappa shape index (κ2) is 11.7. The van der Waals surface area contributed by atoms with Gasteiger partial charge in [-0.3, -0.25) is 0 Å². The monoisotopic (exact) mass is 712 g/mol. The highest BCUT2D eigenvalue weighted by molar-refractivity contribution is 7.25. The van der Waals surface area contributed by atoms with E-state index in [4.69, 9.17) is 19.4 Å². The van der Waals surface area contributed by atoms with Crippen LogP contribution in [0.1, 0.15) is 25.0 Å². The van der Waals surface area contributed by atoms with Crippen LogP contribution in [0, 0.1) is 0 Å². The summed E-state index contributed by atoms with van der Waals surface area (Å²) < 4.78 is 15.9. The van der Waals surface area contributed by atoms with Gasteiger partial charge in [0.1, 0.15) is 0 Å². The summed E-state index contributed by atoms with van der Waals surface area (Å²) in [5, 5.41) is 2.55. The number of nitrogens with zero attached hydrogens (tertiary/aromatic N) is 2. The molecule has 2 aliphatic rings.